The number of fused-ring (bicyclic) bond motifs is 2. The van der Waals surface area contributed by atoms with Crippen LogP contribution in [0.15, 0.2) is 57.9 Å². The molecule has 0 spiro atoms. The highest BCUT2D eigenvalue weighted by Gasteiger charge is 2.36. The number of aromatic nitrogens is 1. The Hall–Kier alpha value is -4.00. The second kappa shape index (κ2) is 8.41. The number of H-pyrrole nitrogens is 1. The van der Waals surface area contributed by atoms with Gasteiger partial charge < -0.3 is 23.8 Å². The van der Waals surface area contributed by atoms with Crippen molar-refractivity contribution in [2.45, 2.75) is 26.3 Å². The fourth-order valence-electron chi connectivity index (χ4n) is 4.95. The number of aromatic amines is 1. The van der Waals surface area contributed by atoms with E-state index in [4.69, 9.17) is 13.9 Å². The van der Waals surface area contributed by atoms with Crippen LogP contribution < -0.4 is 15.0 Å². The fraction of sp³-hybridized carbons (Fsp3) is 0.259. The summed E-state index contributed by atoms with van der Waals surface area (Å²) in [5.41, 5.74) is 4.99. The van der Waals surface area contributed by atoms with Gasteiger partial charge in [-0.1, -0.05) is 11.6 Å². The van der Waals surface area contributed by atoms with Gasteiger partial charge in [-0.2, -0.15) is 0 Å². The molecule has 1 aliphatic rings. The van der Waals surface area contributed by atoms with E-state index in [2.05, 4.69) is 4.98 Å². The van der Waals surface area contributed by atoms with Gasteiger partial charge in [0.15, 0.2) is 17.3 Å². The number of amides is 1. The van der Waals surface area contributed by atoms with Crippen molar-refractivity contribution in [2.75, 3.05) is 20.8 Å². The Morgan fingerprint density at radius 2 is 1.82 bits per heavy atom. The molecule has 0 saturated carbocycles. The van der Waals surface area contributed by atoms with Crippen LogP contribution in [-0.2, 0) is 6.42 Å². The summed E-state index contributed by atoms with van der Waals surface area (Å²) in [6.07, 6.45) is 2.09. The largest absolute Gasteiger partial charge is 0.493 e. The Morgan fingerprint density at radius 1 is 1.06 bits per heavy atom. The van der Waals surface area contributed by atoms with Crippen LogP contribution in [0.1, 0.15) is 44.4 Å². The second-order valence-electron chi connectivity index (χ2n) is 8.63. The zero-order valence-corrected chi connectivity index (χ0v) is 19.6. The highest BCUT2D eigenvalue weighted by molar-refractivity contribution is 5.92. The number of carbonyl (C=O) groups excluding carboxylic acids is 1. The Morgan fingerprint density at radius 3 is 2.53 bits per heavy atom. The van der Waals surface area contributed by atoms with E-state index < -0.39 is 6.04 Å². The summed E-state index contributed by atoms with van der Waals surface area (Å²) in [5.74, 6) is 1.13. The lowest BCUT2D eigenvalue weighted by molar-refractivity contribution is 0.0660. The number of methoxy groups -OCH3 is 2. The third kappa shape index (κ3) is 3.53. The number of benzene rings is 2. The number of furan rings is 1. The molecule has 2 aromatic heterocycles. The van der Waals surface area contributed by atoms with Gasteiger partial charge in [-0.25, -0.2) is 0 Å². The van der Waals surface area contributed by atoms with E-state index in [0.29, 0.717) is 30.0 Å². The molecule has 1 aliphatic heterocycles. The standard InChI is InChI=1S/C27H26N2O5/c1-15-10-16(2)24-18(11-15)12-20(26(30)28-24)25-19-14-23(33-4)22(32-3)13-17(19)7-8-29(25)27(31)21-6-5-9-34-21/h5-6,9-14,25H,7-8H2,1-4H3,(H,28,30)/t25-/m0/s1. The van der Waals surface area contributed by atoms with Crippen molar-refractivity contribution >= 4 is 16.8 Å². The minimum absolute atomic E-state index is 0.232. The molecule has 0 aliphatic carbocycles. The molecule has 1 N–H and O–H groups in total. The normalized spacial score (nSPS) is 15.3. The minimum Gasteiger partial charge on any atom is -0.493 e. The van der Waals surface area contributed by atoms with Gasteiger partial charge in [0.25, 0.3) is 11.5 Å². The van der Waals surface area contributed by atoms with Gasteiger partial charge in [-0.05, 0) is 78.7 Å². The number of hydrogen-bond donors (Lipinski definition) is 1. The van der Waals surface area contributed by atoms with E-state index in [9.17, 15) is 9.59 Å². The van der Waals surface area contributed by atoms with Crippen LogP contribution in [0, 0.1) is 13.8 Å². The molecule has 7 nitrogen and oxygen atoms in total. The molecule has 3 heterocycles. The van der Waals surface area contributed by atoms with Crippen LogP contribution in [0.3, 0.4) is 0 Å². The van der Waals surface area contributed by atoms with Crippen LogP contribution in [0.2, 0.25) is 0 Å². The lowest BCUT2D eigenvalue weighted by atomic mass is 9.87. The Labute approximate surface area is 196 Å². The minimum atomic E-state index is -0.616. The van der Waals surface area contributed by atoms with Crippen LogP contribution in [0.5, 0.6) is 11.5 Å². The highest BCUT2D eigenvalue weighted by Crippen LogP contribution is 2.41. The zero-order valence-electron chi connectivity index (χ0n) is 19.6. The quantitative estimate of drug-likeness (QED) is 0.485. The number of ether oxygens (including phenoxy) is 2. The maximum Gasteiger partial charge on any atom is 0.290 e. The Bertz CT molecular complexity index is 1450. The van der Waals surface area contributed by atoms with E-state index >= 15 is 0 Å². The van der Waals surface area contributed by atoms with Crippen molar-refractivity contribution in [1.29, 1.82) is 0 Å². The summed E-state index contributed by atoms with van der Waals surface area (Å²) >= 11 is 0. The number of rotatable bonds is 4. The first-order valence-corrected chi connectivity index (χ1v) is 11.1. The highest BCUT2D eigenvalue weighted by atomic mass is 16.5. The number of pyridine rings is 1. The molecule has 0 fully saturated rings. The van der Waals surface area contributed by atoms with Crippen molar-refractivity contribution < 1.29 is 18.7 Å². The SMILES string of the molecule is COc1cc2c(cc1OC)[C@@H](c1cc3cc(C)cc(C)c3[nH]c1=O)N(C(=O)c1ccco1)CC2. The molecule has 0 radical (unpaired) electrons. The predicted octanol–water partition coefficient (Wildman–Crippen LogP) is 4.54. The van der Waals surface area contributed by atoms with E-state index in [1.54, 1.807) is 31.3 Å². The summed E-state index contributed by atoms with van der Waals surface area (Å²) in [6, 6.07) is 12.5. The fourth-order valence-corrected chi connectivity index (χ4v) is 4.95. The van der Waals surface area contributed by atoms with Crippen LogP contribution in [0.4, 0.5) is 0 Å². The molecule has 34 heavy (non-hydrogen) atoms. The molecule has 4 aromatic rings. The lowest BCUT2D eigenvalue weighted by Gasteiger charge is -2.37. The van der Waals surface area contributed by atoms with E-state index in [-0.39, 0.29) is 17.2 Å². The van der Waals surface area contributed by atoms with Gasteiger partial charge in [0.2, 0.25) is 0 Å². The smallest absolute Gasteiger partial charge is 0.290 e. The maximum atomic E-state index is 13.5. The molecular weight excluding hydrogens is 432 g/mol. The molecule has 174 valence electrons. The van der Waals surface area contributed by atoms with Crippen LogP contribution >= 0.6 is 0 Å². The first-order chi connectivity index (χ1) is 16.4. The van der Waals surface area contributed by atoms with Gasteiger partial charge in [-0.15, -0.1) is 0 Å². The van der Waals surface area contributed by atoms with Crippen molar-refractivity contribution in [2.24, 2.45) is 0 Å². The summed E-state index contributed by atoms with van der Waals surface area (Å²) in [7, 11) is 3.16. The van der Waals surface area contributed by atoms with Gasteiger partial charge in [-0.3, -0.25) is 9.59 Å². The summed E-state index contributed by atoms with van der Waals surface area (Å²) in [6.45, 7) is 4.43. The first-order valence-electron chi connectivity index (χ1n) is 11.1. The molecule has 0 saturated heterocycles. The number of hydrogen-bond acceptors (Lipinski definition) is 5. The molecule has 1 amide bonds. The van der Waals surface area contributed by atoms with Crippen molar-refractivity contribution in [3.63, 3.8) is 0 Å². The predicted molar refractivity (Wildman–Crippen MR) is 129 cm³/mol. The number of nitrogens with zero attached hydrogens (tertiary/aromatic N) is 1. The average molecular weight is 459 g/mol. The molecule has 0 bridgehead atoms. The van der Waals surface area contributed by atoms with Gasteiger partial charge >= 0.3 is 0 Å². The Kier molecular flexibility index (Phi) is 5.40. The monoisotopic (exact) mass is 458 g/mol. The maximum absolute atomic E-state index is 13.5. The van der Waals surface area contributed by atoms with Crippen molar-refractivity contribution in [3.8, 4) is 11.5 Å². The molecule has 7 heteroatoms. The van der Waals surface area contributed by atoms with Crippen molar-refractivity contribution in [1.82, 2.24) is 9.88 Å². The van der Waals surface area contributed by atoms with Crippen molar-refractivity contribution in [3.05, 3.63) is 92.7 Å². The summed E-state index contributed by atoms with van der Waals surface area (Å²) < 4.78 is 16.5. The van der Waals surface area contributed by atoms with E-state index in [0.717, 1.165) is 33.2 Å². The van der Waals surface area contributed by atoms with Crippen LogP contribution in [-0.4, -0.2) is 36.6 Å². The molecule has 0 unspecified atom stereocenters. The number of carbonyl (C=O) groups is 1. The third-order valence-corrected chi connectivity index (χ3v) is 6.48. The molecule has 2 aromatic carbocycles. The summed E-state index contributed by atoms with van der Waals surface area (Å²) in [5, 5.41) is 0.921. The topological polar surface area (TPSA) is 84.8 Å². The zero-order chi connectivity index (χ0) is 24.0. The van der Waals surface area contributed by atoms with Gasteiger partial charge in [0.05, 0.1) is 32.0 Å². The van der Waals surface area contributed by atoms with E-state index in [1.165, 1.54) is 6.26 Å². The average Bonchev–Trinajstić information content (AvgIpc) is 3.37. The van der Waals surface area contributed by atoms with E-state index in [1.807, 2.05) is 44.2 Å². The molecule has 5 rings (SSSR count). The second-order valence-corrected chi connectivity index (χ2v) is 8.63. The van der Waals surface area contributed by atoms with Gasteiger partial charge in [0.1, 0.15) is 0 Å². The third-order valence-electron chi connectivity index (χ3n) is 6.48. The Balaban J connectivity index is 1.76. The number of aryl methyl sites for hydroxylation is 2. The number of nitrogens with one attached hydrogen (secondary N) is 1. The molecular formula is C27H26N2O5. The molecule has 1 atom stereocenters. The van der Waals surface area contributed by atoms with Crippen LogP contribution in [0.25, 0.3) is 10.9 Å². The summed E-state index contributed by atoms with van der Waals surface area (Å²) in [4.78, 5) is 31.7. The first kappa shape index (κ1) is 21.8. The lowest BCUT2D eigenvalue weighted by Crippen LogP contribution is -2.42. The van der Waals surface area contributed by atoms with Gasteiger partial charge in [0, 0.05) is 12.1 Å².